The summed E-state index contributed by atoms with van der Waals surface area (Å²) in [4.78, 5) is 10.2. The number of rotatable bonds is 4. The Morgan fingerprint density at radius 2 is 1.85 bits per heavy atom. The third kappa shape index (κ3) is 5.92. The first-order valence-electron chi connectivity index (χ1n) is 5.01. The highest BCUT2D eigenvalue weighted by atomic mass is 35.5. The molecule has 0 bridgehead atoms. The monoisotopic (exact) mass is 206 g/mol. The summed E-state index contributed by atoms with van der Waals surface area (Å²) in [5.74, 6) is 0.184. The van der Waals surface area contributed by atoms with Crippen molar-refractivity contribution in [2.75, 3.05) is 0 Å². The van der Waals surface area contributed by atoms with Crippen LogP contribution in [0.4, 0.5) is 0 Å². The molecule has 0 heterocycles. The number of halogens is 1. The van der Waals surface area contributed by atoms with Gasteiger partial charge in [-0.15, -0.1) is 12.4 Å². The van der Waals surface area contributed by atoms with E-state index in [9.17, 15) is 4.79 Å². The van der Waals surface area contributed by atoms with Crippen LogP contribution in [0, 0.1) is 5.92 Å². The van der Waals surface area contributed by atoms with Crippen molar-refractivity contribution >= 4 is 18.4 Å². The van der Waals surface area contributed by atoms with E-state index in [1.807, 2.05) is 0 Å². The Morgan fingerprint density at radius 3 is 2.38 bits per heavy atom. The van der Waals surface area contributed by atoms with Gasteiger partial charge in [0.05, 0.1) is 0 Å². The number of carboxylic acids is 1. The second-order valence-corrected chi connectivity index (χ2v) is 3.79. The summed E-state index contributed by atoms with van der Waals surface area (Å²) in [6.07, 6.45) is 9.13. The molecule has 1 aliphatic carbocycles. The molecule has 0 radical (unpaired) electrons. The van der Waals surface area contributed by atoms with E-state index in [-0.39, 0.29) is 12.4 Å². The summed E-state index contributed by atoms with van der Waals surface area (Å²) < 4.78 is 0. The van der Waals surface area contributed by atoms with Crippen molar-refractivity contribution in [3.63, 3.8) is 0 Å². The average molecular weight is 207 g/mol. The van der Waals surface area contributed by atoms with Gasteiger partial charge < -0.3 is 5.11 Å². The molecule has 3 heteroatoms. The molecule has 0 atom stereocenters. The van der Waals surface area contributed by atoms with Gasteiger partial charge in [0.25, 0.3) is 0 Å². The number of hydrogen-bond acceptors (Lipinski definition) is 1. The molecule has 1 fully saturated rings. The summed E-state index contributed by atoms with van der Waals surface area (Å²) in [7, 11) is 0. The van der Waals surface area contributed by atoms with Crippen molar-refractivity contribution in [1.29, 1.82) is 0 Å². The van der Waals surface area contributed by atoms with Gasteiger partial charge in [0, 0.05) is 6.42 Å². The van der Waals surface area contributed by atoms with Gasteiger partial charge in [-0.2, -0.15) is 0 Å². The molecule has 0 aromatic rings. The largest absolute Gasteiger partial charge is 0.481 e. The Balaban J connectivity index is 0.00000144. The first kappa shape index (κ1) is 12.8. The smallest absolute Gasteiger partial charge is 0.303 e. The lowest BCUT2D eigenvalue weighted by Crippen LogP contribution is -2.06. The van der Waals surface area contributed by atoms with E-state index in [4.69, 9.17) is 5.11 Å². The first-order chi connectivity index (χ1) is 5.79. The zero-order valence-electron chi connectivity index (χ0n) is 8.00. The summed E-state index contributed by atoms with van der Waals surface area (Å²) in [6, 6.07) is 0. The molecule has 0 unspecified atom stereocenters. The van der Waals surface area contributed by atoms with Crippen LogP contribution in [-0.2, 0) is 4.79 Å². The second kappa shape index (κ2) is 7.19. The van der Waals surface area contributed by atoms with Gasteiger partial charge >= 0.3 is 5.97 Å². The highest BCUT2D eigenvalue weighted by Crippen LogP contribution is 2.27. The van der Waals surface area contributed by atoms with Crippen LogP contribution in [0.15, 0.2) is 0 Å². The fraction of sp³-hybridized carbons (Fsp3) is 0.900. The molecule has 2 nitrogen and oxygen atoms in total. The Bertz CT molecular complexity index is 142. The summed E-state index contributed by atoms with van der Waals surface area (Å²) >= 11 is 0. The predicted octanol–water partition coefficient (Wildman–Crippen LogP) is 3.24. The number of carboxylic acid groups (broad SMARTS) is 1. The zero-order valence-corrected chi connectivity index (χ0v) is 8.81. The fourth-order valence-corrected chi connectivity index (χ4v) is 2.02. The molecule has 0 spiro atoms. The lowest BCUT2D eigenvalue weighted by Gasteiger charge is -2.20. The van der Waals surface area contributed by atoms with Crippen LogP contribution in [0.25, 0.3) is 0 Å². The van der Waals surface area contributed by atoms with Gasteiger partial charge in [0.2, 0.25) is 0 Å². The summed E-state index contributed by atoms with van der Waals surface area (Å²) in [5, 5.41) is 8.44. The highest BCUT2D eigenvalue weighted by molar-refractivity contribution is 5.85. The van der Waals surface area contributed by atoms with Gasteiger partial charge in [0.15, 0.2) is 0 Å². The average Bonchev–Trinajstić information content (AvgIpc) is 2.05. The maximum atomic E-state index is 10.2. The van der Waals surface area contributed by atoms with Crippen LogP contribution < -0.4 is 0 Å². The maximum Gasteiger partial charge on any atom is 0.303 e. The van der Waals surface area contributed by atoms with Gasteiger partial charge in [0.1, 0.15) is 0 Å². The van der Waals surface area contributed by atoms with Crippen LogP contribution in [0.2, 0.25) is 0 Å². The summed E-state index contributed by atoms with van der Waals surface area (Å²) in [5.41, 5.74) is 0. The number of aliphatic carboxylic acids is 1. The van der Waals surface area contributed by atoms with Crippen molar-refractivity contribution in [3.8, 4) is 0 Å². The molecule has 0 amide bonds. The standard InChI is InChI=1S/C10H18O2.ClH/c11-10(12)8-4-7-9-5-2-1-3-6-9;/h9H,1-8H2,(H,11,12);1H. The molecule has 0 saturated heterocycles. The Labute approximate surface area is 86.1 Å². The van der Waals surface area contributed by atoms with Crippen molar-refractivity contribution in [1.82, 2.24) is 0 Å². The van der Waals surface area contributed by atoms with E-state index in [1.165, 1.54) is 32.1 Å². The number of hydrogen-bond donors (Lipinski definition) is 1. The SMILES string of the molecule is Cl.O=C(O)CCCC1CCCCC1. The molecule has 1 rings (SSSR count). The molecule has 0 aromatic heterocycles. The summed E-state index contributed by atoms with van der Waals surface area (Å²) in [6.45, 7) is 0. The second-order valence-electron chi connectivity index (χ2n) is 3.79. The van der Waals surface area contributed by atoms with E-state index in [1.54, 1.807) is 0 Å². The molecular weight excluding hydrogens is 188 g/mol. The van der Waals surface area contributed by atoms with Crippen LogP contribution in [0.3, 0.4) is 0 Å². The molecular formula is C10H19ClO2. The fourth-order valence-electron chi connectivity index (χ4n) is 2.02. The van der Waals surface area contributed by atoms with Gasteiger partial charge in [-0.25, -0.2) is 0 Å². The normalized spacial score (nSPS) is 17.8. The van der Waals surface area contributed by atoms with Gasteiger partial charge in [-0.1, -0.05) is 32.1 Å². The topological polar surface area (TPSA) is 37.3 Å². The molecule has 78 valence electrons. The molecule has 0 aromatic carbocycles. The Kier molecular flexibility index (Phi) is 7.06. The molecule has 1 saturated carbocycles. The minimum atomic E-state index is -0.647. The Morgan fingerprint density at radius 1 is 1.23 bits per heavy atom. The molecule has 13 heavy (non-hydrogen) atoms. The number of carbonyl (C=O) groups is 1. The minimum absolute atomic E-state index is 0. The Hall–Kier alpha value is -0.240. The van der Waals surface area contributed by atoms with Crippen LogP contribution in [-0.4, -0.2) is 11.1 Å². The van der Waals surface area contributed by atoms with Crippen molar-refractivity contribution in [2.45, 2.75) is 51.4 Å². The molecule has 1 aliphatic rings. The lowest BCUT2D eigenvalue weighted by molar-refractivity contribution is -0.137. The molecule has 1 N–H and O–H groups in total. The zero-order chi connectivity index (χ0) is 8.81. The predicted molar refractivity (Wildman–Crippen MR) is 55.3 cm³/mol. The van der Waals surface area contributed by atoms with Gasteiger partial charge in [-0.3, -0.25) is 4.79 Å². The first-order valence-corrected chi connectivity index (χ1v) is 5.01. The minimum Gasteiger partial charge on any atom is -0.481 e. The van der Waals surface area contributed by atoms with Crippen LogP contribution in [0.1, 0.15) is 51.4 Å². The third-order valence-electron chi connectivity index (χ3n) is 2.73. The highest BCUT2D eigenvalue weighted by Gasteiger charge is 2.12. The van der Waals surface area contributed by atoms with Crippen LogP contribution >= 0.6 is 12.4 Å². The van der Waals surface area contributed by atoms with E-state index in [0.717, 1.165) is 18.8 Å². The van der Waals surface area contributed by atoms with Crippen molar-refractivity contribution in [2.24, 2.45) is 5.92 Å². The third-order valence-corrected chi connectivity index (χ3v) is 2.73. The van der Waals surface area contributed by atoms with E-state index < -0.39 is 5.97 Å². The lowest BCUT2D eigenvalue weighted by atomic mass is 9.86. The van der Waals surface area contributed by atoms with E-state index in [0.29, 0.717) is 6.42 Å². The van der Waals surface area contributed by atoms with E-state index in [2.05, 4.69) is 0 Å². The quantitative estimate of drug-likeness (QED) is 0.767. The van der Waals surface area contributed by atoms with Crippen LogP contribution in [0.5, 0.6) is 0 Å². The molecule has 0 aliphatic heterocycles. The van der Waals surface area contributed by atoms with Gasteiger partial charge in [-0.05, 0) is 18.8 Å². The van der Waals surface area contributed by atoms with Crippen molar-refractivity contribution in [3.05, 3.63) is 0 Å². The van der Waals surface area contributed by atoms with E-state index >= 15 is 0 Å². The maximum absolute atomic E-state index is 10.2. The van der Waals surface area contributed by atoms with Crippen molar-refractivity contribution < 1.29 is 9.90 Å².